The van der Waals surface area contributed by atoms with Crippen molar-refractivity contribution in [1.29, 1.82) is 0 Å². The number of hydrogen-bond donors (Lipinski definition) is 0. The van der Waals surface area contributed by atoms with Gasteiger partial charge in [0.2, 0.25) is 0 Å². The van der Waals surface area contributed by atoms with Crippen molar-refractivity contribution in [2.75, 3.05) is 7.11 Å². The fraction of sp³-hybridized carbons (Fsp3) is 0.312. The average Bonchev–Trinajstić information content (AvgIpc) is 3.21. The summed E-state index contributed by atoms with van der Waals surface area (Å²) in [7, 11) is 1.66. The molecule has 3 rings (SSSR count). The molecule has 0 heterocycles. The Labute approximate surface area is 107 Å². The third-order valence-corrected chi connectivity index (χ3v) is 3.54. The van der Waals surface area contributed by atoms with E-state index >= 15 is 0 Å². The van der Waals surface area contributed by atoms with E-state index in [1.54, 1.807) is 7.11 Å². The molecule has 0 spiro atoms. The lowest BCUT2D eigenvalue weighted by molar-refractivity contribution is 0.0976. The van der Waals surface area contributed by atoms with Crippen LogP contribution < -0.4 is 4.74 Å². The molecule has 0 radical (unpaired) electrons. The predicted octanol–water partition coefficient (Wildman–Crippen LogP) is 3.83. The minimum Gasteiger partial charge on any atom is -0.497 e. The van der Waals surface area contributed by atoms with E-state index in [1.165, 1.54) is 12.8 Å². The summed E-state index contributed by atoms with van der Waals surface area (Å²) in [6, 6.07) is 11.8. The molecule has 2 nitrogen and oxygen atoms in total. The zero-order chi connectivity index (χ0) is 12.5. The number of rotatable bonds is 4. The first-order chi connectivity index (χ1) is 8.76. The number of hydrogen-bond acceptors (Lipinski definition) is 2. The first-order valence-corrected chi connectivity index (χ1v) is 6.37. The van der Waals surface area contributed by atoms with Crippen LogP contribution in [0.2, 0.25) is 0 Å². The molecular formula is C16H16O2. The van der Waals surface area contributed by atoms with Crippen molar-refractivity contribution in [3.05, 3.63) is 42.0 Å². The van der Waals surface area contributed by atoms with Crippen LogP contribution in [0, 0.1) is 5.92 Å². The molecular weight excluding hydrogens is 224 g/mol. The highest BCUT2D eigenvalue weighted by Gasteiger charge is 2.24. The van der Waals surface area contributed by atoms with Crippen molar-refractivity contribution in [3.63, 3.8) is 0 Å². The van der Waals surface area contributed by atoms with Crippen LogP contribution in [0.15, 0.2) is 36.4 Å². The molecule has 1 saturated carbocycles. The van der Waals surface area contributed by atoms with Crippen molar-refractivity contribution >= 4 is 16.6 Å². The van der Waals surface area contributed by atoms with Crippen LogP contribution in [0.5, 0.6) is 5.75 Å². The number of carbonyl (C=O) groups is 1. The molecule has 0 bridgehead atoms. The molecule has 2 heteroatoms. The summed E-state index contributed by atoms with van der Waals surface area (Å²) in [6.45, 7) is 0. The van der Waals surface area contributed by atoms with Gasteiger partial charge in [-0.25, -0.2) is 0 Å². The SMILES string of the molecule is COc1ccc2cc(C(=O)CC3CC3)ccc2c1. The summed E-state index contributed by atoms with van der Waals surface area (Å²) in [6.07, 6.45) is 3.15. The monoisotopic (exact) mass is 240 g/mol. The van der Waals surface area contributed by atoms with Crippen molar-refractivity contribution in [2.24, 2.45) is 5.92 Å². The van der Waals surface area contributed by atoms with Crippen molar-refractivity contribution in [1.82, 2.24) is 0 Å². The number of ketones is 1. The van der Waals surface area contributed by atoms with Gasteiger partial charge in [-0.1, -0.05) is 18.2 Å². The van der Waals surface area contributed by atoms with E-state index in [-0.39, 0.29) is 5.78 Å². The number of benzene rings is 2. The lowest BCUT2D eigenvalue weighted by Gasteiger charge is -2.05. The highest BCUT2D eigenvalue weighted by molar-refractivity contribution is 6.00. The molecule has 0 aromatic heterocycles. The van der Waals surface area contributed by atoms with Gasteiger partial charge >= 0.3 is 0 Å². The third-order valence-electron chi connectivity index (χ3n) is 3.54. The fourth-order valence-corrected chi connectivity index (χ4v) is 2.23. The van der Waals surface area contributed by atoms with Gasteiger partial charge in [-0.2, -0.15) is 0 Å². The summed E-state index contributed by atoms with van der Waals surface area (Å²) >= 11 is 0. The second kappa shape index (κ2) is 4.45. The molecule has 1 aliphatic carbocycles. The second-order valence-corrected chi connectivity index (χ2v) is 5.00. The highest BCUT2D eigenvalue weighted by Crippen LogP contribution is 2.33. The minimum atomic E-state index is 0.273. The summed E-state index contributed by atoms with van der Waals surface area (Å²) in [5, 5.41) is 2.20. The van der Waals surface area contributed by atoms with Crippen LogP contribution in [0.25, 0.3) is 10.8 Å². The summed E-state index contributed by atoms with van der Waals surface area (Å²) in [5.41, 5.74) is 0.833. The molecule has 0 aliphatic heterocycles. The van der Waals surface area contributed by atoms with Gasteiger partial charge < -0.3 is 4.74 Å². The van der Waals surface area contributed by atoms with Crippen molar-refractivity contribution in [3.8, 4) is 5.75 Å². The first-order valence-electron chi connectivity index (χ1n) is 6.37. The van der Waals surface area contributed by atoms with E-state index in [9.17, 15) is 4.79 Å². The summed E-state index contributed by atoms with van der Waals surface area (Å²) in [5.74, 6) is 1.76. The molecule has 0 atom stereocenters. The fourth-order valence-electron chi connectivity index (χ4n) is 2.23. The molecule has 1 fully saturated rings. The number of ether oxygens (including phenoxy) is 1. The molecule has 0 N–H and O–H groups in total. The Bertz CT molecular complexity index is 597. The number of fused-ring (bicyclic) bond motifs is 1. The average molecular weight is 240 g/mol. The smallest absolute Gasteiger partial charge is 0.163 e. The zero-order valence-electron chi connectivity index (χ0n) is 10.5. The zero-order valence-corrected chi connectivity index (χ0v) is 10.5. The summed E-state index contributed by atoms with van der Waals surface area (Å²) < 4.78 is 5.19. The van der Waals surface area contributed by atoms with E-state index in [2.05, 4.69) is 0 Å². The maximum absolute atomic E-state index is 12.0. The van der Waals surface area contributed by atoms with Crippen LogP contribution in [-0.2, 0) is 0 Å². The van der Waals surface area contributed by atoms with E-state index in [0.29, 0.717) is 12.3 Å². The highest BCUT2D eigenvalue weighted by atomic mass is 16.5. The molecule has 18 heavy (non-hydrogen) atoms. The van der Waals surface area contributed by atoms with Gasteiger partial charge in [0.25, 0.3) is 0 Å². The van der Waals surface area contributed by atoms with Crippen LogP contribution in [0.1, 0.15) is 29.6 Å². The quantitative estimate of drug-likeness (QED) is 0.759. The van der Waals surface area contributed by atoms with Gasteiger partial charge in [0, 0.05) is 12.0 Å². The third kappa shape index (κ3) is 2.23. The van der Waals surface area contributed by atoms with E-state index in [1.807, 2.05) is 36.4 Å². The largest absolute Gasteiger partial charge is 0.497 e. The Morgan fingerprint density at radius 1 is 1.17 bits per heavy atom. The first kappa shape index (κ1) is 11.3. The maximum Gasteiger partial charge on any atom is 0.163 e. The Kier molecular flexibility index (Phi) is 2.78. The molecule has 2 aromatic carbocycles. The Balaban J connectivity index is 1.92. The molecule has 1 aliphatic rings. The van der Waals surface area contributed by atoms with Crippen LogP contribution in [0.3, 0.4) is 0 Å². The number of methoxy groups -OCH3 is 1. The lowest BCUT2D eigenvalue weighted by Crippen LogP contribution is -1.99. The minimum absolute atomic E-state index is 0.273. The van der Waals surface area contributed by atoms with Gasteiger partial charge in [0.1, 0.15) is 5.75 Å². The molecule has 2 aromatic rings. The van der Waals surface area contributed by atoms with Crippen LogP contribution in [0.4, 0.5) is 0 Å². The molecule has 92 valence electrons. The lowest BCUT2D eigenvalue weighted by atomic mass is 10.0. The Morgan fingerprint density at radius 2 is 1.89 bits per heavy atom. The normalized spacial score (nSPS) is 14.7. The standard InChI is InChI=1S/C16H16O2/c1-18-15-7-6-12-9-14(5-4-13(12)10-15)16(17)8-11-2-3-11/h4-7,9-11H,2-3,8H2,1H3. The van der Waals surface area contributed by atoms with Crippen LogP contribution in [-0.4, -0.2) is 12.9 Å². The molecule has 0 amide bonds. The van der Waals surface area contributed by atoms with Gasteiger partial charge in [0.05, 0.1) is 7.11 Å². The van der Waals surface area contributed by atoms with Gasteiger partial charge in [0.15, 0.2) is 5.78 Å². The number of carbonyl (C=O) groups excluding carboxylic acids is 1. The summed E-state index contributed by atoms with van der Waals surface area (Å²) in [4.78, 5) is 12.0. The van der Waals surface area contributed by atoms with Gasteiger partial charge in [-0.3, -0.25) is 4.79 Å². The topological polar surface area (TPSA) is 26.3 Å². The van der Waals surface area contributed by atoms with Gasteiger partial charge in [-0.05, 0) is 47.7 Å². The Hall–Kier alpha value is -1.83. The van der Waals surface area contributed by atoms with Crippen molar-refractivity contribution in [2.45, 2.75) is 19.3 Å². The van der Waals surface area contributed by atoms with E-state index < -0.39 is 0 Å². The second-order valence-electron chi connectivity index (χ2n) is 5.00. The Morgan fingerprint density at radius 3 is 2.61 bits per heavy atom. The van der Waals surface area contributed by atoms with Gasteiger partial charge in [-0.15, -0.1) is 0 Å². The van der Waals surface area contributed by atoms with Crippen LogP contribution >= 0.6 is 0 Å². The molecule has 0 unspecified atom stereocenters. The predicted molar refractivity (Wildman–Crippen MR) is 72.2 cm³/mol. The van der Waals surface area contributed by atoms with Crippen molar-refractivity contribution < 1.29 is 9.53 Å². The molecule has 0 saturated heterocycles. The van der Waals surface area contributed by atoms with E-state index in [4.69, 9.17) is 4.74 Å². The maximum atomic E-state index is 12.0. The van der Waals surface area contributed by atoms with E-state index in [0.717, 1.165) is 22.1 Å². The number of Topliss-reactive ketones (excluding diaryl/α,β-unsaturated/α-hetero) is 1.